The number of benzene rings is 3. The summed E-state index contributed by atoms with van der Waals surface area (Å²) in [6.07, 6.45) is -10.1. The van der Waals surface area contributed by atoms with Gasteiger partial charge in [0.15, 0.2) is 11.5 Å². The Morgan fingerprint density at radius 2 is 1.59 bits per heavy atom. The van der Waals surface area contributed by atoms with Crippen LogP contribution in [0.25, 0.3) is 0 Å². The SMILES string of the molecule is COc1cc(OC(F)(F)F)ccc1Oc1cccc(C(F)(F)F)c1C(=O)Nc1ccc(F)c(C(N)=O)c1. The van der Waals surface area contributed by atoms with Gasteiger partial charge in [0.05, 0.1) is 23.8 Å². The highest BCUT2D eigenvalue weighted by Crippen LogP contribution is 2.41. The molecule has 7 nitrogen and oxygen atoms in total. The van der Waals surface area contributed by atoms with Crippen LogP contribution in [0.5, 0.6) is 23.0 Å². The number of halogens is 7. The molecule has 0 aromatic heterocycles. The Morgan fingerprint density at radius 3 is 2.19 bits per heavy atom. The largest absolute Gasteiger partial charge is 0.573 e. The van der Waals surface area contributed by atoms with Gasteiger partial charge in [0, 0.05) is 11.8 Å². The Kier molecular flexibility index (Phi) is 7.50. The molecule has 0 heterocycles. The summed E-state index contributed by atoms with van der Waals surface area (Å²) in [4.78, 5) is 24.3. The number of nitrogens with one attached hydrogen (secondary N) is 1. The van der Waals surface area contributed by atoms with Crippen molar-refractivity contribution in [2.45, 2.75) is 12.5 Å². The van der Waals surface area contributed by atoms with E-state index in [9.17, 15) is 40.3 Å². The molecule has 0 saturated heterocycles. The van der Waals surface area contributed by atoms with Gasteiger partial charge in [-0.15, -0.1) is 13.2 Å². The van der Waals surface area contributed by atoms with Crippen LogP contribution in [0.15, 0.2) is 54.6 Å². The molecule has 3 aromatic carbocycles. The van der Waals surface area contributed by atoms with Crippen molar-refractivity contribution >= 4 is 17.5 Å². The van der Waals surface area contributed by atoms with Gasteiger partial charge in [0.25, 0.3) is 11.8 Å². The zero-order valence-electron chi connectivity index (χ0n) is 18.5. The fraction of sp³-hybridized carbons (Fsp3) is 0.130. The van der Waals surface area contributed by atoms with E-state index in [1.807, 2.05) is 0 Å². The van der Waals surface area contributed by atoms with E-state index in [4.69, 9.17) is 15.2 Å². The third-order valence-corrected chi connectivity index (χ3v) is 4.64. The van der Waals surface area contributed by atoms with Gasteiger partial charge in [-0.1, -0.05) is 6.07 Å². The van der Waals surface area contributed by atoms with Crippen molar-refractivity contribution in [2.75, 3.05) is 12.4 Å². The lowest BCUT2D eigenvalue weighted by atomic mass is 10.0. The lowest BCUT2D eigenvalue weighted by Gasteiger charge is -2.18. The Labute approximate surface area is 203 Å². The first kappa shape index (κ1) is 27.1. The maximum absolute atomic E-state index is 13.8. The fourth-order valence-corrected chi connectivity index (χ4v) is 3.12. The van der Waals surface area contributed by atoms with Crippen LogP contribution in [-0.2, 0) is 6.18 Å². The smallest absolute Gasteiger partial charge is 0.493 e. The number of carbonyl (C=O) groups is 2. The average molecular weight is 532 g/mol. The van der Waals surface area contributed by atoms with Crippen molar-refractivity contribution in [2.24, 2.45) is 5.73 Å². The number of nitrogens with two attached hydrogens (primary N) is 1. The number of methoxy groups -OCH3 is 1. The molecular weight excluding hydrogens is 517 g/mol. The molecule has 37 heavy (non-hydrogen) atoms. The third kappa shape index (κ3) is 6.59. The number of hydrogen-bond donors (Lipinski definition) is 2. The minimum Gasteiger partial charge on any atom is -0.493 e. The number of anilines is 1. The molecule has 0 atom stereocenters. The highest BCUT2D eigenvalue weighted by Gasteiger charge is 2.37. The first-order valence-electron chi connectivity index (χ1n) is 9.92. The monoisotopic (exact) mass is 532 g/mol. The van der Waals surface area contributed by atoms with Crippen molar-refractivity contribution in [1.82, 2.24) is 0 Å². The number of carbonyl (C=O) groups excluding carboxylic acids is 2. The van der Waals surface area contributed by atoms with Crippen molar-refractivity contribution in [3.8, 4) is 23.0 Å². The Morgan fingerprint density at radius 1 is 0.892 bits per heavy atom. The summed E-state index contributed by atoms with van der Waals surface area (Å²) < 4.78 is 107. The number of primary amides is 1. The van der Waals surface area contributed by atoms with Crippen LogP contribution >= 0.6 is 0 Å². The lowest BCUT2D eigenvalue weighted by molar-refractivity contribution is -0.274. The zero-order chi connectivity index (χ0) is 27.5. The van der Waals surface area contributed by atoms with Crippen molar-refractivity contribution < 1.29 is 54.5 Å². The lowest BCUT2D eigenvalue weighted by Crippen LogP contribution is -2.20. The van der Waals surface area contributed by atoms with E-state index >= 15 is 0 Å². The van der Waals surface area contributed by atoms with Gasteiger partial charge in [-0.05, 0) is 42.5 Å². The molecule has 0 saturated carbocycles. The molecule has 0 radical (unpaired) electrons. The summed E-state index contributed by atoms with van der Waals surface area (Å²) in [5, 5.41) is 2.11. The summed E-state index contributed by atoms with van der Waals surface area (Å²) >= 11 is 0. The van der Waals surface area contributed by atoms with E-state index in [0.717, 1.165) is 55.6 Å². The van der Waals surface area contributed by atoms with Gasteiger partial charge in [-0.2, -0.15) is 13.2 Å². The third-order valence-electron chi connectivity index (χ3n) is 4.64. The fourth-order valence-electron chi connectivity index (χ4n) is 3.12. The van der Waals surface area contributed by atoms with Gasteiger partial charge in [-0.3, -0.25) is 9.59 Å². The van der Waals surface area contributed by atoms with E-state index in [1.165, 1.54) is 0 Å². The standard InChI is InChI=1S/C23H15F7N2O5/c1-35-18-10-12(37-23(28,29)30)6-8-16(18)36-17-4-2-3-14(22(25,26)27)19(17)21(34)32-11-5-7-15(24)13(9-11)20(31)33/h2-10H,1H3,(H2,31,33)(H,32,34). The summed E-state index contributed by atoms with van der Waals surface area (Å²) in [6.45, 7) is 0. The Hall–Kier alpha value is -4.49. The van der Waals surface area contributed by atoms with Gasteiger partial charge < -0.3 is 25.3 Å². The van der Waals surface area contributed by atoms with E-state index in [2.05, 4.69) is 10.1 Å². The highest BCUT2D eigenvalue weighted by molar-refractivity contribution is 6.08. The second kappa shape index (κ2) is 10.2. The first-order chi connectivity index (χ1) is 17.2. The van der Waals surface area contributed by atoms with Crippen LogP contribution in [0.3, 0.4) is 0 Å². The predicted octanol–water partition coefficient (Wildman–Crippen LogP) is 5.90. The average Bonchev–Trinajstić information content (AvgIpc) is 2.79. The number of rotatable bonds is 7. The molecule has 2 amide bonds. The van der Waals surface area contributed by atoms with E-state index in [0.29, 0.717) is 6.07 Å². The summed E-state index contributed by atoms with van der Waals surface area (Å²) in [7, 11) is 1.06. The van der Waals surface area contributed by atoms with E-state index in [-0.39, 0.29) is 17.2 Å². The van der Waals surface area contributed by atoms with Crippen LogP contribution in [0.1, 0.15) is 26.3 Å². The Bertz CT molecular complexity index is 1340. The molecule has 0 bridgehead atoms. The molecule has 14 heteroatoms. The second-order valence-corrected chi connectivity index (χ2v) is 7.15. The van der Waals surface area contributed by atoms with Crippen LogP contribution in [-0.4, -0.2) is 25.3 Å². The molecule has 3 rings (SSSR count). The van der Waals surface area contributed by atoms with Crippen LogP contribution in [0, 0.1) is 5.82 Å². The molecule has 0 aliphatic rings. The number of ether oxygens (including phenoxy) is 3. The van der Waals surface area contributed by atoms with Gasteiger partial charge >= 0.3 is 12.5 Å². The molecular formula is C23H15F7N2O5. The summed E-state index contributed by atoms with van der Waals surface area (Å²) in [5.41, 5.74) is 1.73. The second-order valence-electron chi connectivity index (χ2n) is 7.15. The number of amides is 2. The molecule has 0 unspecified atom stereocenters. The molecule has 0 aliphatic carbocycles. The van der Waals surface area contributed by atoms with Crippen molar-refractivity contribution in [3.05, 3.63) is 77.1 Å². The number of hydrogen-bond acceptors (Lipinski definition) is 5. The predicted molar refractivity (Wildman–Crippen MR) is 114 cm³/mol. The number of alkyl halides is 6. The van der Waals surface area contributed by atoms with Crippen LogP contribution < -0.4 is 25.3 Å². The molecule has 196 valence electrons. The van der Waals surface area contributed by atoms with Crippen LogP contribution in [0.4, 0.5) is 36.4 Å². The minimum absolute atomic E-state index is 0.255. The van der Waals surface area contributed by atoms with Crippen LogP contribution in [0.2, 0.25) is 0 Å². The van der Waals surface area contributed by atoms with E-state index < -0.39 is 58.4 Å². The normalized spacial score (nSPS) is 11.6. The zero-order valence-corrected chi connectivity index (χ0v) is 18.5. The Balaban J connectivity index is 2.04. The topological polar surface area (TPSA) is 99.9 Å². The first-order valence-corrected chi connectivity index (χ1v) is 9.92. The van der Waals surface area contributed by atoms with Gasteiger partial charge in [-0.25, -0.2) is 4.39 Å². The molecule has 0 fully saturated rings. The minimum atomic E-state index is -5.04. The summed E-state index contributed by atoms with van der Waals surface area (Å²) in [5.74, 6) is -5.60. The van der Waals surface area contributed by atoms with E-state index in [1.54, 1.807) is 0 Å². The maximum atomic E-state index is 13.8. The van der Waals surface area contributed by atoms with Crippen molar-refractivity contribution in [1.29, 1.82) is 0 Å². The molecule has 3 aromatic rings. The van der Waals surface area contributed by atoms with Gasteiger partial charge in [0.2, 0.25) is 0 Å². The van der Waals surface area contributed by atoms with Crippen molar-refractivity contribution in [3.63, 3.8) is 0 Å². The molecule has 0 aliphatic heterocycles. The van der Waals surface area contributed by atoms with Gasteiger partial charge in [0.1, 0.15) is 17.3 Å². The maximum Gasteiger partial charge on any atom is 0.573 e. The highest BCUT2D eigenvalue weighted by atomic mass is 19.4. The summed E-state index contributed by atoms with van der Waals surface area (Å²) in [6, 6.07) is 7.66. The quantitative estimate of drug-likeness (QED) is 0.370. The molecule has 0 spiro atoms. The molecule has 3 N–H and O–H groups in total.